The number of pyridine rings is 1. The van der Waals surface area contributed by atoms with Crippen LogP contribution in [0.25, 0.3) is 10.9 Å². The number of aryl methyl sites for hydroxylation is 1. The van der Waals surface area contributed by atoms with Gasteiger partial charge in [-0.1, -0.05) is 0 Å². The van der Waals surface area contributed by atoms with E-state index in [1.165, 1.54) is 0 Å². The van der Waals surface area contributed by atoms with Crippen LogP contribution in [0.2, 0.25) is 0 Å². The molecule has 2 N–H and O–H groups in total. The van der Waals surface area contributed by atoms with Gasteiger partial charge in [0.2, 0.25) is 0 Å². The molecule has 0 unspecified atom stereocenters. The molecule has 1 aromatic heterocycles. The number of ether oxygens (including phenoxy) is 1. The lowest BCUT2D eigenvalue weighted by Crippen LogP contribution is -2.30. The van der Waals surface area contributed by atoms with Gasteiger partial charge in [0.05, 0.1) is 12.6 Å². The Bertz CT molecular complexity index is 674. The Balaban J connectivity index is 2.39. The maximum atomic E-state index is 12.5. The fourth-order valence-corrected chi connectivity index (χ4v) is 2.57. The zero-order valence-electron chi connectivity index (χ0n) is 10.6. The summed E-state index contributed by atoms with van der Waals surface area (Å²) in [4.78, 5) is 15.9. The van der Waals surface area contributed by atoms with Gasteiger partial charge in [-0.3, -0.25) is 4.79 Å². The number of methoxy groups -OCH3 is 1. The Morgan fingerprint density at radius 2 is 2.17 bits per heavy atom. The predicted molar refractivity (Wildman–Crippen MR) is 71.3 cm³/mol. The second-order valence-corrected chi connectivity index (χ2v) is 4.70. The van der Waals surface area contributed by atoms with E-state index in [0.29, 0.717) is 11.9 Å². The molecule has 2 aromatic rings. The molecule has 0 saturated carbocycles. The highest BCUT2D eigenvalue weighted by Crippen LogP contribution is 2.23. The van der Waals surface area contributed by atoms with Crippen LogP contribution in [-0.2, 0) is 13.0 Å². The molecule has 1 aromatic carbocycles. The number of hydrogen-bond donors (Lipinski definition) is 2. The first-order valence-electron chi connectivity index (χ1n) is 6.14. The Hall–Kier alpha value is -1.81. The fourth-order valence-electron chi connectivity index (χ4n) is 2.57. The molecule has 4 heteroatoms. The van der Waals surface area contributed by atoms with Crippen molar-refractivity contribution >= 4 is 10.9 Å². The van der Waals surface area contributed by atoms with Crippen molar-refractivity contribution in [2.24, 2.45) is 0 Å². The zero-order chi connectivity index (χ0) is 12.7. The molecule has 1 aliphatic heterocycles. The third-order valence-electron chi connectivity index (χ3n) is 3.56. The van der Waals surface area contributed by atoms with Crippen LogP contribution >= 0.6 is 0 Å². The molecule has 0 spiro atoms. The Morgan fingerprint density at radius 1 is 1.33 bits per heavy atom. The van der Waals surface area contributed by atoms with Crippen LogP contribution in [0, 0.1) is 6.92 Å². The summed E-state index contributed by atoms with van der Waals surface area (Å²) in [6.45, 7) is 3.56. The molecule has 0 amide bonds. The lowest BCUT2D eigenvalue weighted by molar-refractivity contribution is 0.415. The third kappa shape index (κ3) is 1.61. The first-order chi connectivity index (χ1) is 8.70. The average Bonchev–Trinajstić information content (AvgIpc) is 2.40. The number of aromatic amines is 1. The predicted octanol–water partition coefficient (Wildman–Crippen LogP) is 1.49. The largest absolute Gasteiger partial charge is 0.497 e. The van der Waals surface area contributed by atoms with Gasteiger partial charge in [-0.2, -0.15) is 0 Å². The normalized spacial score (nSPS) is 14.6. The summed E-state index contributed by atoms with van der Waals surface area (Å²) < 4.78 is 5.23. The van der Waals surface area contributed by atoms with Crippen molar-refractivity contribution < 1.29 is 4.74 Å². The summed E-state index contributed by atoms with van der Waals surface area (Å²) in [6, 6.07) is 3.77. The van der Waals surface area contributed by atoms with E-state index in [4.69, 9.17) is 4.74 Å². The average molecular weight is 244 g/mol. The molecule has 1 aliphatic rings. The van der Waals surface area contributed by atoms with E-state index in [2.05, 4.69) is 10.3 Å². The second-order valence-electron chi connectivity index (χ2n) is 4.70. The number of hydrogen-bond acceptors (Lipinski definition) is 3. The van der Waals surface area contributed by atoms with Gasteiger partial charge in [-0.05, 0) is 24.6 Å². The number of aromatic nitrogens is 1. The Morgan fingerprint density at radius 3 is 2.94 bits per heavy atom. The van der Waals surface area contributed by atoms with Crippen LogP contribution in [0.15, 0.2) is 16.9 Å². The van der Waals surface area contributed by atoms with Crippen LogP contribution in [0.5, 0.6) is 5.75 Å². The maximum absolute atomic E-state index is 12.5. The molecular formula is C14H16N2O2. The maximum Gasteiger partial charge on any atom is 0.194 e. The number of fused-ring (bicyclic) bond motifs is 2. The van der Waals surface area contributed by atoms with E-state index in [1.54, 1.807) is 7.11 Å². The van der Waals surface area contributed by atoms with E-state index in [9.17, 15) is 4.79 Å². The lowest BCUT2D eigenvalue weighted by atomic mass is 10.0. The summed E-state index contributed by atoms with van der Waals surface area (Å²) >= 11 is 0. The van der Waals surface area contributed by atoms with Crippen molar-refractivity contribution in [3.8, 4) is 5.75 Å². The van der Waals surface area contributed by atoms with E-state index < -0.39 is 0 Å². The lowest BCUT2D eigenvalue weighted by Gasteiger charge is -2.18. The van der Waals surface area contributed by atoms with Gasteiger partial charge < -0.3 is 15.0 Å². The first kappa shape index (κ1) is 11.3. The molecule has 94 valence electrons. The van der Waals surface area contributed by atoms with Crippen LogP contribution in [0.3, 0.4) is 0 Å². The summed E-state index contributed by atoms with van der Waals surface area (Å²) in [6.07, 6.45) is 0.881. The molecule has 0 radical (unpaired) electrons. The third-order valence-corrected chi connectivity index (χ3v) is 3.56. The molecule has 3 rings (SSSR count). The first-order valence-corrected chi connectivity index (χ1v) is 6.14. The van der Waals surface area contributed by atoms with Gasteiger partial charge in [-0.15, -0.1) is 0 Å². The standard InChI is InChI=1S/C14H16N2O2/c1-8-5-9(18-2)6-10-13(8)16-12-3-4-15-7-11(12)14(10)17/h5-6,15H,3-4,7H2,1-2H3,(H,16,17). The van der Waals surface area contributed by atoms with E-state index in [0.717, 1.165) is 41.1 Å². The summed E-state index contributed by atoms with van der Waals surface area (Å²) in [7, 11) is 1.62. The van der Waals surface area contributed by atoms with E-state index in [-0.39, 0.29) is 5.43 Å². The van der Waals surface area contributed by atoms with Gasteiger partial charge in [0.15, 0.2) is 5.43 Å². The molecule has 2 heterocycles. The van der Waals surface area contributed by atoms with Gasteiger partial charge in [0, 0.05) is 36.2 Å². The quantitative estimate of drug-likeness (QED) is 0.799. The highest BCUT2D eigenvalue weighted by molar-refractivity contribution is 5.84. The van der Waals surface area contributed by atoms with Crippen molar-refractivity contribution in [1.29, 1.82) is 0 Å². The minimum Gasteiger partial charge on any atom is -0.497 e. The molecule has 18 heavy (non-hydrogen) atoms. The minimum atomic E-state index is 0.118. The van der Waals surface area contributed by atoms with Gasteiger partial charge >= 0.3 is 0 Å². The molecule has 0 bridgehead atoms. The fraction of sp³-hybridized carbons (Fsp3) is 0.357. The number of benzene rings is 1. The molecule has 0 fully saturated rings. The number of rotatable bonds is 1. The summed E-state index contributed by atoms with van der Waals surface area (Å²) in [5.41, 5.74) is 4.03. The van der Waals surface area contributed by atoms with Gasteiger partial charge in [0.1, 0.15) is 5.75 Å². The highest BCUT2D eigenvalue weighted by Gasteiger charge is 2.16. The van der Waals surface area contributed by atoms with Gasteiger partial charge in [-0.25, -0.2) is 0 Å². The van der Waals surface area contributed by atoms with Crippen LogP contribution in [0.4, 0.5) is 0 Å². The second kappa shape index (κ2) is 4.14. The number of nitrogens with one attached hydrogen (secondary N) is 2. The Labute approximate surface area is 105 Å². The highest BCUT2D eigenvalue weighted by atomic mass is 16.5. The van der Waals surface area contributed by atoms with Crippen LogP contribution < -0.4 is 15.5 Å². The van der Waals surface area contributed by atoms with Crippen molar-refractivity contribution in [2.45, 2.75) is 19.9 Å². The Kier molecular flexibility index (Phi) is 2.59. The number of H-pyrrole nitrogens is 1. The SMILES string of the molecule is COc1cc(C)c2[nH]c3c(c(=O)c2c1)CNCC3. The molecule has 0 saturated heterocycles. The monoisotopic (exact) mass is 244 g/mol. The van der Waals surface area contributed by atoms with Crippen LogP contribution in [0.1, 0.15) is 16.8 Å². The van der Waals surface area contributed by atoms with E-state index >= 15 is 0 Å². The smallest absolute Gasteiger partial charge is 0.194 e. The minimum absolute atomic E-state index is 0.118. The van der Waals surface area contributed by atoms with Gasteiger partial charge in [0.25, 0.3) is 0 Å². The van der Waals surface area contributed by atoms with Crippen LogP contribution in [-0.4, -0.2) is 18.6 Å². The molecular weight excluding hydrogens is 228 g/mol. The molecule has 0 aliphatic carbocycles. The van der Waals surface area contributed by atoms with Crippen molar-refractivity contribution in [3.05, 3.63) is 39.2 Å². The molecule has 4 nitrogen and oxygen atoms in total. The zero-order valence-corrected chi connectivity index (χ0v) is 10.6. The van der Waals surface area contributed by atoms with Crippen molar-refractivity contribution in [3.63, 3.8) is 0 Å². The van der Waals surface area contributed by atoms with E-state index in [1.807, 2.05) is 19.1 Å². The summed E-state index contributed by atoms with van der Waals surface area (Å²) in [5, 5.41) is 3.96. The topological polar surface area (TPSA) is 54.1 Å². The van der Waals surface area contributed by atoms with Crippen molar-refractivity contribution in [1.82, 2.24) is 10.3 Å². The molecule has 0 atom stereocenters. The van der Waals surface area contributed by atoms with Crippen molar-refractivity contribution in [2.75, 3.05) is 13.7 Å². The summed E-state index contributed by atoms with van der Waals surface area (Å²) in [5.74, 6) is 0.731.